The van der Waals surface area contributed by atoms with E-state index in [1.807, 2.05) is 4.90 Å². The molecule has 0 amide bonds. The van der Waals surface area contributed by atoms with E-state index in [0.717, 1.165) is 32.4 Å². The normalized spacial score (nSPS) is 19.5. The van der Waals surface area contributed by atoms with Crippen LogP contribution in [-0.2, 0) is 0 Å². The van der Waals surface area contributed by atoms with Crippen LogP contribution in [0.3, 0.4) is 0 Å². The van der Waals surface area contributed by atoms with Crippen molar-refractivity contribution in [2.24, 2.45) is 5.92 Å². The molecular formula is C12H16BrN3O3. The van der Waals surface area contributed by atoms with Crippen molar-refractivity contribution >= 4 is 27.4 Å². The van der Waals surface area contributed by atoms with Gasteiger partial charge in [-0.1, -0.05) is 0 Å². The van der Waals surface area contributed by atoms with E-state index in [1.54, 1.807) is 6.20 Å². The first-order chi connectivity index (χ1) is 9.11. The number of aliphatic hydroxyl groups is 1. The van der Waals surface area contributed by atoms with E-state index in [1.165, 1.54) is 6.07 Å². The highest BCUT2D eigenvalue weighted by Crippen LogP contribution is 2.32. The fraction of sp³-hybridized carbons (Fsp3) is 0.583. The molecule has 0 saturated carbocycles. The molecule has 1 fully saturated rings. The lowest BCUT2D eigenvalue weighted by atomic mass is 9.95. The molecule has 1 aromatic rings. The van der Waals surface area contributed by atoms with Gasteiger partial charge in [0, 0.05) is 36.4 Å². The molecule has 19 heavy (non-hydrogen) atoms. The number of hydrogen-bond acceptors (Lipinski definition) is 5. The van der Waals surface area contributed by atoms with Gasteiger partial charge in [-0.15, -0.1) is 0 Å². The van der Waals surface area contributed by atoms with Crippen LogP contribution in [-0.4, -0.2) is 34.7 Å². The molecule has 1 atom stereocenters. The fourth-order valence-corrected chi connectivity index (χ4v) is 2.79. The number of aliphatic hydroxyl groups excluding tert-OH is 1. The van der Waals surface area contributed by atoms with Gasteiger partial charge in [-0.3, -0.25) is 10.1 Å². The molecule has 1 N–H and O–H groups in total. The van der Waals surface area contributed by atoms with Gasteiger partial charge in [-0.2, -0.15) is 0 Å². The minimum atomic E-state index is -0.400. The fourth-order valence-electron chi connectivity index (χ4n) is 2.48. The molecule has 2 heterocycles. The smallest absolute Gasteiger partial charge is 0.312 e. The summed E-state index contributed by atoms with van der Waals surface area (Å²) in [7, 11) is 0. The van der Waals surface area contributed by atoms with E-state index in [4.69, 9.17) is 5.11 Å². The molecule has 7 heteroatoms. The van der Waals surface area contributed by atoms with Gasteiger partial charge < -0.3 is 10.0 Å². The van der Waals surface area contributed by atoms with E-state index >= 15 is 0 Å². The molecule has 0 aliphatic carbocycles. The minimum Gasteiger partial charge on any atom is -0.396 e. The van der Waals surface area contributed by atoms with Crippen LogP contribution in [0.15, 0.2) is 16.7 Å². The summed E-state index contributed by atoms with van der Waals surface area (Å²) in [4.78, 5) is 16.8. The predicted molar refractivity (Wildman–Crippen MR) is 75.2 cm³/mol. The second-order valence-corrected chi connectivity index (χ2v) is 5.64. The maximum atomic E-state index is 11.1. The Morgan fingerprint density at radius 3 is 3.11 bits per heavy atom. The molecule has 1 aromatic heterocycles. The van der Waals surface area contributed by atoms with Crippen molar-refractivity contribution in [2.45, 2.75) is 19.3 Å². The lowest BCUT2D eigenvalue weighted by molar-refractivity contribution is -0.384. The number of hydrogen-bond donors (Lipinski definition) is 1. The van der Waals surface area contributed by atoms with Crippen molar-refractivity contribution in [3.05, 3.63) is 26.9 Å². The second-order valence-electron chi connectivity index (χ2n) is 4.72. The maximum Gasteiger partial charge on any atom is 0.312 e. The number of piperidine rings is 1. The van der Waals surface area contributed by atoms with Crippen molar-refractivity contribution in [3.63, 3.8) is 0 Å². The third-order valence-corrected chi connectivity index (χ3v) is 3.80. The summed E-state index contributed by atoms with van der Waals surface area (Å²) in [6.07, 6.45) is 4.35. The maximum absolute atomic E-state index is 11.1. The summed E-state index contributed by atoms with van der Waals surface area (Å²) in [6.45, 7) is 1.65. The summed E-state index contributed by atoms with van der Waals surface area (Å²) < 4.78 is 0.604. The van der Waals surface area contributed by atoms with Gasteiger partial charge in [0.25, 0.3) is 0 Å². The molecule has 0 spiro atoms. The summed E-state index contributed by atoms with van der Waals surface area (Å²) in [6, 6.07) is 1.48. The Hall–Kier alpha value is -1.21. The Morgan fingerprint density at radius 2 is 2.42 bits per heavy atom. The van der Waals surface area contributed by atoms with Crippen LogP contribution in [0, 0.1) is 16.0 Å². The number of pyridine rings is 1. The van der Waals surface area contributed by atoms with Gasteiger partial charge in [0.2, 0.25) is 5.82 Å². The van der Waals surface area contributed by atoms with Crippen LogP contribution < -0.4 is 4.90 Å². The van der Waals surface area contributed by atoms with E-state index in [-0.39, 0.29) is 12.3 Å². The van der Waals surface area contributed by atoms with Crippen LogP contribution in [0.4, 0.5) is 11.5 Å². The van der Waals surface area contributed by atoms with Crippen LogP contribution in [0.2, 0.25) is 0 Å². The summed E-state index contributed by atoms with van der Waals surface area (Å²) in [5.41, 5.74) is 0.0269. The molecule has 0 radical (unpaired) electrons. The standard InChI is InChI=1S/C12H16BrN3O3/c13-10-6-11(16(18)19)12(14-7-10)15-4-1-2-9(8-15)3-5-17/h6-7,9,17H,1-5,8H2. The van der Waals surface area contributed by atoms with Crippen LogP contribution in [0.25, 0.3) is 0 Å². The van der Waals surface area contributed by atoms with E-state index in [2.05, 4.69) is 20.9 Å². The van der Waals surface area contributed by atoms with Crippen molar-refractivity contribution in [1.82, 2.24) is 4.98 Å². The SMILES string of the molecule is O=[N+]([O-])c1cc(Br)cnc1N1CCCC(CCO)C1. The Bertz CT molecular complexity index is 468. The molecule has 1 saturated heterocycles. The largest absolute Gasteiger partial charge is 0.396 e. The number of aromatic nitrogens is 1. The highest BCUT2D eigenvalue weighted by molar-refractivity contribution is 9.10. The zero-order chi connectivity index (χ0) is 13.8. The quantitative estimate of drug-likeness (QED) is 0.677. The third-order valence-electron chi connectivity index (χ3n) is 3.37. The van der Waals surface area contributed by atoms with E-state index < -0.39 is 4.92 Å². The van der Waals surface area contributed by atoms with Crippen LogP contribution >= 0.6 is 15.9 Å². The molecule has 1 aliphatic rings. The molecule has 1 aliphatic heterocycles. The number of rotatable bonds is 4. The molecular weight excluding hydrogens is 314 g/mol. The average Bonchev–Trinajstić information content (AvgIpc) is 2.39. The Balaban J connectivity index is 2.23. The van der Waals surface area contributed by atoms with Crippen LogP contribution in [0.1, 0.15) is 19.3 Å². The second kappa shape index (κ2) is 6.29. The molecule has 0 bridgehead atoms. The zero-order valence-electron chi connectivity index (χ0n) is 10.5. The number of anilines is 1. The van der Waals surface area contributed by atoms with Crippen molar-refractivity contribution in [2.75, 3.05) is 24.6 Å². The topological polar surface area (TPSA) is 79.5 Å². The number of nitro groups is 1. The lowest BCUT2D eigenvalue weighted by Gasteiger charge is -2.33. The summed E-state index contributed by atoms with van der Waals surface area (Å²) in [5.74, 6) is 0.805. The Kier molecular flexibility index (Phi) is 4.71. The van der Waals surface area contributed by atoms with Crippen LogP contribution in [0.5, 0.6) is 0 Å². The van der Waals surface area contributed by atoms with Gasteiger partial charge in [-0.25, -0.2) is 4.98 Å². The molecule has 1 unspecified atom stereocenters. The first-order valence-electron chi connectivity index (χ1n) is 6.27. The van der Waals surface area contributed by atoms with Gasteiger partial charge >= 0.3 is 5.69 Å². The van der Waals surface area contributed by atoms with Gasteiger partial charge in [-0.05, 0) is 41.1 Å². The Labute approximate surface area is 119 Å². The van der Waals surface area contributed by atoms with Crippen molar-refractivity contribution in [1.29, 1.82) is 0 Å². The first-order valence-corrected chi connectivity index (χ1v) is 7.07. The third kappa shape index (κ3) is 3.42. The molecule has 2 rings (SSSR count). The molecule has 0 aromatic carbocycles. The van der Waals surface area contributed by atoms with Crippen molar-refractivity contribution in [3.8, 4) is 0 Å². The number of nitrogens with zero attached hydrogens (tertiary/aromatic N) is 3. The molecule has 6 nitrogen and oxygen atoms in total. The zero-order valence-corrected chi connectivity index (χ0v) is 12.0. The highest BCUT2D eigenvalue weighted by atomic mass is 79.9. The molecule has 104 valence electrons. The summed E-state index contributed by atoms with van der Waals surface area (Å²) >= 11 is 3.21. The Morgan fingerprint density at radius 1 is 1.63 bits per heavy atom. The van der Waals surface area contributed by atoms with Crippen molar-refractivity contribution < 1.29 is 10.0 Å². The summed E-state index contributed by atoms with van der Waals surface area (Å²) in [5, 5.41) is 20.1. The van der Waals surface area contributed by atoms with Gasteiger partial charge in [0.15, 0.2) is 0 Å². The van der Waals surface area contributed by atoms with Gasteiger partial charge in [0.05, 0.1) is 4.92 Å². The van der Waals surface area contributed by atoms with E-state index in [0.29, 0.717) is 16.2 Å². The monoisotopic (exact) mass is 329 g/mol. The van der Waals surface area contributed by atoms with E-state index in [9.17, 15) is 10.1 Å². The minimum absolute atomic E-state index is 0.0269. The highest BCUT2D eigenvalue weighted by Gasteiger charge is 2.26. The number of halogens is 1. The lowest BCUT2D eigenvalue weighted by Crippen LogP contribution is -2.36. The average molecular weight is 330 g/mol. The van der Waals surface area contributed by atoms with Gasteiger partial charge in [0.1, 0.15) is 0 Å². The predicted octanol–water partition coefficient (Wildman–Crippen LogP) is 2.35. The first kappa shape index (κ1) is 14.2.